The predicted molar refractivity (Wildman–Crippen MR) is 51.8 cm³/mol. The molecule has 0 saturated heterocycles. The molecule has 0 aromatic rings. The van der Waals surface area contributed by atoms with Gasteiger partial charge < -0.3 is 5.32 Å². The quantitative estimate of drug-likeness (QED) is 0.625. The summed E-state index contributed by atoms with van der Waals surface area (Å²) < 4.78 is 0. The zero-order valence-corrected chi connectivity index (χ0v) is 8.48. The zero-order chi connectivity index (χ0) is 8.69. The van der Waals surface area contributed by atoms with Gasteiger partial charge >= 0.3 is 0 Å². The lowest BCUT2D eigenvalue weighted by molar-refractivity contribution is 0.432. The van der Waals surface area contributed by atoms with Gasteiger partial charge in [0.1, 0.15) is 0 Å². The van der Waals surface area contributed by atoms with E-state index in [4.69, 9.17) is 0 Å². The van der Waals surface area contributed by atoms with E-state index in [2.05, 4.69) is 33.0 Å². The molecular weight excluding hydrogens is 134 g/mol. The Morgan fingerprint density at radius 3 is 2.18 bits per heavy atom. The van der Waals surface area contributed by atoms with Crippen LogP contribution in [0, 0.1) is 5.92 Å². The number of nitrogens with one attached hydrogen (secondary N) is 1. The third-order valence-electron chi connectivity index (χ3n) is 2.34. The number of hydrogen-bond donors (Lipinski definition) is 1. The van der Waals surface area contributed by atoms with E-state index in [0.29, 0.717) is 6.04 Å². The Morgan fingerprint density at radius 2 is 1.73 bits per heavy atom. The van der Waals surface area contributed by atoms with Gasteiger partial charge in [0.05, 0.1) is 0 Å². The SMILES string of the molecule is CCNC(C)CCC(C)CC. The molecule has 0 heterocycles. The van der Waals surface area contributed by atoms with Gasteiger partial charge in [-0.15, -0.1) is 0 Å². The molecule has 2 atom stereocenters. The van der Waals surface area contributed by atoms with Crippen LogP contribution in [0.5, 0.6) is 0 Å². The molecule has 0 aliphatic carbocycles. The van der Waals surface area contributed by atoms with Crippen LogP contribution < -0.4 is 5.32 Å². The molecule has 68 valence electrons. The lowest BCUT2D eigenvalue weighted by Gasteiger charge is -2.14. The average Bonchev–Trinajstić information content (AvgIpc) is 2.01. The van der Waals surface area contributed by atoms with Crippen LogP contribution in [0.3, 0.4) is 0 Å². The van der Waals surface area contributed by atoms with Gasteiger partial charge in [0.25, 0.3) is 0 Å². The van der Waals surface area contributed by atoms with Gasteiger partial charge in [-0.2, -0.15) is 0 Å². The van der Waals surface area contributed by atoms with Crippen molar-refractivity contribution in [3.63, 3.8) is 0 Å². The first kappa shape index (κ1) is 11.0. The number of hydrogen-bond acceptors (Lipinski definition) is 1. The van der Waals surface area contributed by atoms with E-state index in [1.807, 2.05) is 0 Å². The van der Waals surface area contributed by atoms with E-state index in [9.17, 15) is 0 Å². The molecule has 1 nitrogen and oxygen atoms in total. The first-order valence-corrected chi connectivity index (χ1v) is 4.94. The highest BCUT2D eigenvalue weighted by atomic mass is 14.9. The fourth-order valence-electron chi connectivity index (χ4n) is 1.19. The summed E-state index contributed by atoms with van der Waals surface area (Å²) in [5.41, 5.74) is 0. The van der Waals surface area contributed by atoms with E-state index in [-0.39, 0.29) is 0 Å². The van der Waals surface area contributed by atoms with Crippen LogP contribution in [-0.4, -0.2) is 12.6 Å². The van der Waals surface area contributed by atoms with E-state index in [0.717, 1.165) is 12.5 Å². The van der Waals surface area contributed by atoms with Crippen molar-refractivity contribution in [1.82, 2.24) is 5.32 Å². The second kappa shape index (κ2) is 6.66. The summed E-state index contributed by atoms with van der Waals surface area (Å²) in [6, 6.07) is 0.703. The Hall–Kier alpha value is -0.0400. The van der Waals surface area contributed by atoms with Gasteiger partial charge in [-0.05, 0) is 32.2 Å². The summed E-state index contributed by atoms with van der Waals surface area (Å²) in [6.07, 6.45) is 4.01. The van der Waals surface area contributed by atoms with Crippen molar-refractivity contribution < 1.29 is 0 Å². The smallest absolute Gasteiger partial charge is 0.00387 e. The highest BCUT2D eigenvalue weighted by Crippen LogP contribution is 2.10. The number of rotatable bonds is 6. The van der Waals surface area contributed by atoms with Crippen LogP contribution in [0.4, 0.5) is 0 Å². The minimum atomic E-state index is 0.703. The minimum Gasteiger partial charge on any atom is -0.315 e. The second-order valence-electron chi connectivity index (χ2n) is 3.55. The third kappa shape index (κ3) is 6.36. The molecule has 0 bridgehead atoms. The highest BCUT2D eigenvalue weighted by molar-refractivity contribution is 4.61. The van der Waals surface area contributed by atoms with Crippen molar-refractivity contribution in [3.8, 4) is 0 Å². The van der Waals surface area contributed by atoms with E-state index < -0.39 is 0 Å². The second-order valence-corrected chi connectivity index (χ2v) is 3.55. The van der Waals surface area contributed by atoms with Crippen LogP contribution in [-0.2, 0) is 0 Å². The summed E-state index contributed by atoms with van der Waals surface area (Å²) in [6.45, 7) is 10.1. The van der Waals surface area contributed by atoms with Gasteiger partial charge in [0.2, 0.25) is 0 Å². The topological polar surface area (TPSA) is 12.0 Å². The van der Waals surface area contributed by atoms with Crippen molar-refractivity contribution in [1.29, 1.82) is 0 Å². The third-order valence-corrected chi connectivity index (χ3v) is 2.34. The fourth-order valence-corrected chi connectivity index (χ4v) is 1.19. The van der Waals surface area contributed by atoms with Crippen molar-refractivity contribution in [2.75, 3.05) is 6.54 Å². The molecule has 0 spiro atoms. The highest BCUT2D eigenvalue weighted by Gasteiger charge is 2.02. The maximum Gasteiger partial charge on any atom is 0.00387 e. The molecule has 11 heavy (non-hydrogen) atoms. The van der Waals surface area contributed by atoms with Gasteiger partial charge in [-0.25, -0.2) is 0 Å². The normalized spacial score (nSPS) is 16.4. The Labute approximate surface area is 71.6 Å². The average molecular weight is 157 g/mol. The lowest BCUT2D eigenvalue weighted by atomic mass is 10.0. The van der Waals surface area contributed by atoms with Crippen LogP contribution >= 0.6 is 0 Å². The minimum absolute atomic E-state index is 0.703. The molecule has 0 radical (unpaired) electrons. The molecule has 2 unspecified atom stereocenters. The Kier molecular flexibility index (Phi) is 6.63. The molecule has 0 fully saturated rings. The molecule has 0 aromatic heterocycles. The van der Waals surface area contributed by atoms with E-state index in [1.165, 1.54) is 19.3 Å². The molecule has 0 aliphatic heterocycles. The predicted octanol–water partition coefficient (Wildman–Crippen LogP) is 2.81. The zero-order valence-electron chi connectivity index (χ0n) is 8.48. The largest absolute Gasteiger partial charge is 0.315 e. The summed E-state index contributed by atoms with van der Waals surface area (Å²) in [7, 11) is 0. The van der Waals surface area contributed by atoms with Gasteiger partial charge in [0, 0.05) is 6.04 Å². The van der Waals surface area contributed by atoms with E-state index >= 15 is 0 Å². The summed E-state index contributed by atoms with van der Waals surface area (Å²) in [5, 5.41) is 3.42. The molecule has 1 heteroatoms. The van der Waals surface area contributed by atoms with Gasteiger partial charge in [-0.1, -0.05) is 27.2 Å². The van der Waals surface area contributed by atoms with Crippen molar-refractivity contribution in [3.05, 3.63) is 0 Å². The standard InChI is InChI=1S/C10H23N/c1-5-9(3)7-8-10(4)11-6-2/h9-11H,5-8H2,1-4H3. The van der Waals surface area contributed by atoms with Gasteiger partial charge in [-0.3, -0.25) is 0 Å². The molecular formula is C10H23N. The van der Waals surface area contributed by atoms with Crippen molar-refractivity contribution in [2.45, 2.75) is 53.0 Å². The first-order valence-electron chi connectivity index (χ1n) is 4.94. The maximum absolute atomic E-state index is 3.42. The Balaban J connectivity index is 3.22. The molecule has 1 N–H and O–H groups in total. The summed E-state index contributed by atoms with van der Waals surface area (Å²) in [4.78, 5) is 0. The molecule has 0 amide bonds. The lowest BCUT2D eigenvalue weighted by Crippen LogP contribution is -2.25. The van der Waals surface area contributed by atoms with Crippen LogP contribution in [0.25, 0.3) is 0 Å². The summed E-state index contributed by atoms with van der Waals surface area (Å²) in [5.74, 6) is 0.899. The van der Waals surface area contributed by atoms with Crippen molar-refractivity contribution >= 4 is 0 Å². The maximum atomic E-state index is 3.42. The first-order chi connectivity index (χ1) is 5.20. The van der Waals surface area contributed by atoms with Crippen LogP contribution in [0.1, 0.15) is 47.0 Å². The van der Waals surface area contributed by atoms with Crippen LogP contribution in [0.2, 0.25) is 0 Å². The van der Waals surface area contributed by atoms with Crippen molar-refractivity contribution in [2.24, 2.45) is 5.92 Å². The molecule has 0 rings (SSSR count). The summed E-state index contributed by atoms with van der Waals surface area (Å²) >= 11 is 0. The molecule has 0 aliphatic rings. The van der Waals surface area contributed by atoms with E-state index in [1.54, 1.807) is 0 Å². The van der Waals surface area contributed by atoms with Crippen LogP contribution in [0.15, 0.2) is 0 Å². The molecule has 0 saturated carbocycles. The fraction of sp³-hybridized carbons (Fsp3) is 1.00. The van der Waals surface area contributed by atoms with Gasteiger partial charge in [0.15, 0.2) is 0 Å². The Morgan fingerprint density at radius 1 is 1.09 bits per heavy atom. The monoisotopic (exact) mass is 157 g/mol. The Bertz CT molecular complexity index is 80.9. The molecule has 0 aromatic carbocycles.